The van der Waals surface area contributed by atoms with Gasteiger partial charge in [0.05, 0.1) is 13.2 Å². The Morgan fingerprint density at radius 3 is 2.41 bits per heavy atom. The van der Waals surface area contributed by atoms with E-state index in [1.165, 1.54) is 0 Å². The van der Waals surface area contributed by atoms with Gasteiger partial charge in [-0.1, -0.05) is 0 Å². The second-order valence-electron chi connectivity index (χ2n) is 4.10. The molecule has 0 unspecified atom stereocenters. The Balaban J connectivity index is 2.12. The molecule has 1 heterocycles. The van der Waals surface area contributed by atoms with E-state index < -0.39 is 0 Å². The van der Waals surface area contributed by atoms with Gasteiger partial charge in [-0.15, -0.1) is 0 Å². The third-order valence-corrected chi connectivity index (χ3v) is 2.69. The highest BCUT2D eigenvalue weighted by Gasteiger charge is 2.08. The summed E-state index contributed by atoms with van der Waals surface area (Å²) in [7, 11) is 0. The summed E-state index contributed by atoms with van der Waals surface area (Å²) < 4.78 is 5.32. The second-order valence-corrected chi connectivity index (χ2v) is 4.10. The summed E-state index contributed by atoms with van der Waals surface area (Å²) in [6, 6.07) is 0. The van der Waals surface area contributed by atoms with Gasteiger partial charge in [0.15, 0.2) is 5.96 Å². The quantitative estimate of drug-likeness (QED) is 0.399. The molecule has 1 aliphatic rings. The van der Waals surface area contributed by atoms with E-state index in [1.54, 1.807) is 0 Å². The number of aliphatic imine (C=N–C) groups is 1. The first-order chi connectivity index (χ1) is 8.36. The van der Waals surface area contributed by atoms with Gasteiger partial charge in [-0.3, -0.25) is 9.89 Å². The summed E-state index contributed by atoms with van der Waals surface area (Å²) >= 11 is 0. The summed E-state index contributed by atoms with van der Waals surface area (Å²) in [5.74, 6) is 0.928. The molecule has 100 valence electrons. The lowest BCUT2D eigenvalue weighted by Gasteiger charge is -2.26. The minimum Gasteiger partial charge on any atom is -0.379 e. The van der Waals surface area contributed by atoms with E-state index in [4.69, 9.17) is 4.74 Å². The van der Waals surface area contributed by atoms with Crippen LogP contribution in [0, 0.1) is 0 Å². The normalized spacial score (nSPS) is 16.6. The third-order valence-electron chi connectivity index (χ3n) is 2.69. The SMILES string of the molecule is CCNC(=NCCCN1CCOCC1)NCC. The fourth-order valence-corrected chi connectivity index (χ4v) is 1.82. The zero-order chi connectivity index (χ0) is 12.3. The summed E-state index contributed by atoms with van der Waals surface area (Å²) in [6.07, 6.45) is 1.11. The van der Waals surface area contributed by atoms with Gasteiger partial charge in [0, 0.05) is 39.3 Å². The molecule has 0 amide bonds. The minimum absolute atomic E-state index is 0.878. The minimum atomic E-state index is 0.878. The fourth-order valence-electron chi connectivity index (χ4n) is 1.82. The number of nitrogens with zero attached hydrogens (tertiary/aromatic N) is 2. The highest BCUT2D eigenvalue weighted by Crippen LogP contribution is 1.97. The van der Waals surface area contributed by atoms with Gasteiger partial charge in [0.25, 0.3) is 0 Å². The number of guanidine groups is 1. The van der Waals surface area contributed by atoms with Crippen molar-refractivity contribution < 1.29 is 4.74 Å². The van der Waals surface area contributed by atoms with Gasteiger partial charge in [0.2, 0.25) is 0 Å². The summed E-state index contributed by atoms with van der Waals surface area (Å²) in [5.41, 5.74) is 0. The Labute approximate surface area is 105 Å². The summed E-state index contributed by atoms with van der Waals surface area (Å²) in [4.78, 5) is 6.97. The molecule has 1 saturated heterocycles. The monoisotopic (exact) mass is 242 g/mol. The maximum Gasteiger partial charge on any atom is 0.191 e. The molecule has 0 bridgehead atoms. The van der Waals surface area contributed by atoms with E-state index >= 15 is 0 Å². The Bertz CT molecular complexity index is 207. The van der Waals surface area contributed by atoms with Crippen LogP contribution in [0.25, 0.3) is 0 Å². The number of rotatable bonds is 6. The second kappa shape index (κ2) is 9.24. The van der Waals surface area contributed by atoms with E-state index in [9.17, 15) is 0 Å². The number of ether oxygens (including phenoxy) is 1. The molecule has 17 heavy (non-hydrogen) atoms. The van der Waals surface area contributed by atoms with Crippen LogP contribution in [-0.2, 0) is 4.74 Å². The fraction of sp³-hybridized carbons (Fsp3) is 0.917. The first kappa shape index (κ1) is 14.3. The van der Waals surface area contributed by atoms with Crippen LogP contribution in [0.4, 0.5) is 0 Å². The van der Waals surface area contributed by atoms with Crippen LogP contribution in [0.15, 0.2) is 4.99 Å². The molecular formula is C12H26N4O. The molecule has 0 radical (unpaired) electrons. The van der Waals surface area contributed by atoms with E-state index in [0.29, 0.717) is 0 Å². The van der Waals surface area contributed by atoms with Crippen molar-refractivity contribution in [3.8, 4) is 0 Å². The van der Waals surface area contributed by atoms with E-state index in [2.05, 4.69) is 34.4 Å². The Morgan fingerprint density at radius 2 is 1.82 bits per heavy atom. The topological polar surface area (TPSA) is 48.9 Å². The lowest BCUT2D eigenvalue weighted by Crippen LogP contribution is -2.38. The predicted molar refractivity (Wildman–Crippen MR) is 71.5 cm³/mol. The first-order valence-corrected chi connectivity index (χ1v) is 6.69. The van der Waals surface area contributed by atoms with Gasteiger partial charge in [-0.05, 0) is 20.3 Å². The molecule has 5 nitrogen and oxygen atoms in total. The largest absolute Gasteiger partial charge is 0.379 e. The number of nitrogens with one attached hydrogen (secondary N) is 2. The van der Waals surface area contributed by atoms with Gasteiger partial charge < -0.3 is 15.4 Å². The Hall–Kier alpha value is -0.810. The van der Waals surface area contributed by atoms with Crippen LogP contribution in [0.5, 0.6) is 0 Å². The third kappa shape index (κ3) is 6.48. The molecule has 0 atom stereocenters. The van der Waals surface area contributed by atoms with Crippen LogP contribution in [0.1, 0.15) is 20.3 Å². The molecular weight excluding hydrogens is 216 g/mol. The van der Waals surface area contributed by atoms with Gasteiger partial charge in [-0.25, -0.2) is 0 Å². The van der Waals surface area contributed by atoms with Crippen LogP contribution < -0.4 is 10.6 Å². The van der Waals surface area contributed by atoms with Crippen LogP contribution >= 0.6 is 0 Å². The lowest BCUT2D eigenvalue weighted by molar-refractivity contribution is 0.0377. The Kier molecular flexibility index (Phi) is 7.75. The highest BCUT2D eigenvalue weighted by atomic mass is 16.5. The molecule has 0 saturated carbocycles. The molecule has 0 aromatic heterocycles. The number of hydrogen-bond donors (Lipinski definition) is 2. The van der Waals surface area contributed by atoms with Gasteiger partial charge >= 0.3 is 0 Å². The zero-order valence-electron chi connectivity index (χ0n) is 11.2. The van der Waals surface area contributed by atoms with Crippen molar-refractivity contribution in [2.24, 2.45) is 4.99 Å². The molecule has 5 heteroatoms. The van der Waals surface area contributed by atoms with Crippen molar-refractivity contribution in [2.45, 2.75) is 20.3 Å². The number of hydrogen-bond acceptors (Lipinski definition) is 3. The predicted octanol–water partition coefficient (Wildman–Crippen LogP) is 0.284. The van der Waals surface area contributed by atoms with Crippen molar-refractivity contribution in [1.82, 2.24) is 15.5 Å². The van der Waals surface area contributed by atoms with Crippen LogP contribution in [-0.4, -0.2) is 63.3 Å². The molecule has 1 rings (SSSR count). The van der Waals surface area contributed by atoms with E-state index in [-0.39, 0.29) is 0 Å². The van der Waals surface area contributed by atoms with Crippen molar-refractivity contribution in [3.63, 3.8) is 0 Å². The number of morpholine rings is 1. The van der Waals surface area contributed by atoms with Gasteiger partial charge in [-0.2, -0.15) is 0 Å². The molecule has 1 aliphatic heterocycles. The highest BCUT2D eigenvalue weighted by molar-refractivity contribution is 5.79. The van der Waals surface area contributed by atoms with Crippen LogP contribution in [0.2, 0.25) is 0 Å². The van der Waals surface area contributed by atoms with Crippen molar-refractivity contribution in [3.05, 3.63) is 0 Å². The van der Waals surface area contributed by atoms with Crippen molar-refractivity contribution in [1.29, 1.82) is 0 Å². The maximum absolute atomic E-state index is 5.32. The summed E-state index contributed by atoms with van der Waals surface area (Å²) in [5, 5.41) is 6.45. The molecule has 1 fully saturated rings. The van der Waals surface area contributed by atoms with E-state index in [1.807, 2.05) is 0 Å². The molecule has 2 N–H and O–H groups in total. The smallest absolute Gasteiger partial charge is 0.191 e. The average Bonchev–Trinajstić information content (AvgIpc) is 2.36. The van der Waals surface area contributed by atoms with Crippen molar-refractivity contribution >= 4 is 5.96 Å². The molecule has 0 aliphatic carbocycles. The lowest BCUT2D eigenvalue weighted by atomic mass is 10.3. The maximum atomic E-state index is 5.32. The zero-order valence-corrected chi connectivity index (χ0v) is 11.2. The molecule has 0 aromatic carbocycles. The standard InChI is InChI=1S/C12H26N4O/c1-3-13-12(14-4-2)15-6-5-7-16-8-10-17-11-9-16/h3-11H2,1-2H3,(H2,13,14,15). The molecule has 0 aromatic rings. The Morgan fingerprint density at radius 1 is 1.18 bits per heavy atom. The molecule has 0 spiro atoms. The first-order valence-electron chi connectivity index (χ1n) is 6.69. The van der Waals surface area contributed by atoms with Gasteiger partial charge in [0.1, 0.15) is 0 Å². The van der Waals surface area contributed by atoms with Crippen molar-refractivity contribution in [2.75, 3.05) is 52.5 Å². The van der Waals surface area contributed by atoms with E-state index in [0.717, 1.165) is 64.9 Å². The van der Waals surface area contributed by atoms with Crippen LogP contribution in [0.3, 0.4) is 0 Å². The average molecular weight is 242 g/mol. The summed E-state index contributed by atoms with van der Waals surface area (Å²) in [6.45, 7) is 11.9.